The zero-order valence-corrected chi connectivity index (χ0v) is 20.8. The summed E-state index contributed by atoms with van der Waals surface area (Å²) in [5.41, 5.74) is 6.03. The highest BCUT2D eigenvalue weighted by Gasteiger charge is 2.44. The molecule has 0 N–H and O–H groups in total. The van der Waals surface area contributed by atoms with Gasteiger partial charge in [-0.25, -0.2) is 0 Å². The Labute approximate surface area is 208 Å². The van der Waals surface area contributed by atoms with Gasteiger partial charge >= 0.3 is 11.9 Å². The third-order valence-corrected chi connectivity index (χ3v) is 6.97. The van der Waals surface area contributed by atoms with E-state index in [0.717, 1.165) is 12.8 Å². The molecule has 0 saturated heterocycles. The number of fused-ring (bicyclic) bond motifs is 3. The maximum atomic E-state index is 12.8. The molecule has 0 aromatic heterocycles. The molecule has 0 saturated carbocycles. The van der Waals surface area contributed by atoms with Crippen LogP contribution in [0.5, 0.6) is 0 Å². The maximum Gasteiger partial charge on any atom is 0.309 e. The second-order valence-corrected chi connectivity index (χ2v) is 9.76. The van der Waals surface area contributed by atoms with Gasteiger partial charge in [0.15, 0.2) is 0 Å². The topological polar surface area (TPSA) is 52.6 Å². The summed E-state index contributed by atoms with van der Waals surface area (Å²) in [5, 5.41) is 0. The van der Waals surface area contributed by atoms with Crippen molar-refractivity contribution in [3.05, 3.63) is 95.6 Å². The number of rotatable bonds is 10. The van der Waals surface area contributed by atoms with Crippen molar-refractivity contribution >= 4 is 11.9 Å². The van der Waals surface area contributed by atoms with Gasteiger partial charge < -0.3 is 9.47 Å². The van der Waals surface area contributed by atoms with Crippen LogP contribution in [0.3, 0.4) is 0 Å². The molecule has 0 amide bonds. The molecule has 0 fully saturated rings. The van der Waals surface area contributed by atoms with Crippen LogP contribution < -0.4 is 0 Å². The first-order valence-electron chi connectivity index (χ1n) is 12.5. The number of hydrogen-bond donors (Lipinski definition) is 0. The van der Waals surface area contributed by atoms with E-state index in [0.29, 0.717) is 13.0 Å². The fourth-order valence-corrected chi connectivity index (χ4v) is 5.34. The summed E-state index contributed by atoms with van der Waals surface area (Å²) in [5.74, 6) is -0.970. The lowest BCUT2D eigenvalue weighted by Crippen LogP contribution is -2.28. The minimum Gasteiger partial charge on any atom is -0.469 e. The largest absolute Gasteiger partial charge is 0.469 e. The van der Waals surface area contributed by atoms with Crippen LogP contribution in [-0.2, 0) is 24.5 Å². The number of carbonyl (C=O) groups is 2. The number of hydrogen-bond acceptors (Lipinski definition) is 4. The standard InChI is InChI=1S/C31H34O4/c1-22(2)21-35-30(33)23(20-29(32)34-3)12-11-19-31(24-13-5-4-6-14-24)27-17-9-7-15-25(27)26-16-8-10-18-28(26)31/h4-10,13-18,22-23H,11-12,19-21H2,1-3H3/t23-/m0/s1. The van der Waals surface area contributed by atoms with Crippen LogP contribution in [0.2, 0.25) is 0 Å². The highest BCUT2D eigenvalue weighted by molar-refractivity contribution is 5.83. The Kier molecular flexibility index (Phi) is 7.70. The summed E-state index contributed by atoms with van der Waals surface area (Å²) < 4.78 is 10.4. The van der Waals surface area contributed by atoms with Crippen LogP contribution in [0.15, 0.2) is 78.9 Å². The van der Waals surface area contributed by atoms with Crippen molar-refractivity contribution < 1.29 is 19.1 Å². The zero-order valence-electron chi connectivity index (χ0n) is 20.8. The molecule has 3 aromatic carbocycles. The van der Waals surface area contributed by atoms with E-state index in [4.69, 9.17) is 9.47 Å². The van der Waals surface area contributed by atoms with Crippen molar-refractivity contribution in [1.29, 1.82) is 0 Å². The van der Waals surface area contributed by atoms with Gasteiger partial charge in [-0.2, -0.15) is 0 Å². The summed E-state index contributed by atoms with van der Waals surface area (Å²) >= 11 is 0. The lowest BCUT2D eigenvalue weighted by atomic mass is 9.69. The number of carbonyl (C=O) groups excluding carboxylic acids is 2. The Bertz CT molecular complexity index is 1120. The van der Waals surface area contributed by atoms with Gasteiger partial charge in [-0.15, -0.1) is 0 Å². The highest BCUT2D eigenvalue weighted by atomic mass is 16.5. The highest BCUT2D eigenvalue weighted by Crippen LogP contribution is 2.54. The molecule has 0 bridgehead atoms. The first-order valence-corrected chi connectivity index (χ1v) is 12.5. The second-order valence-electron chi connectivity index (χ2n) is 9.76. The Morgan fingerprint density at radius 2 is 1.40 bits per heavy atom. The molecule has 182 valence electrons. The average Bonchev–Trinajstić information content (AvgIpc) is 3.18. The van der Waals surface area contributed by atoms with Crippen LogP contribution in [0.25, 0.3) is 11.1 Å². The van der Waals surface area contributed by atoms with Gasteiger partial charge in [0, 0.05) is 5.41 Å². The van der Waals surface area contributed by atoms with E-state index >= 15 is 0 Å². The van der Waals surface area contributed by atoms with Crippen molar-refractivity contribution in [3.8, 4) is 11.1 Å². The molecule has 0 aliphatic heterocycles. The van der Waals surface area contributed by atoms with Crippen molar-refractivity contribution in [2.24, 2.45) is 11.8 Å². The van der Waals surface area contributed by atoms with Gasteiger partial charge in [0.1, 0.15) is 0 Å². The Morgan fingerprint density at radius 1 is 0.829 bits per heavy atom. The average molecular weight is 471 g/mol. The van der Waals surface area contributed by atoms with Crippen LogP contribution in [0, 0.1) is 11.8 Å². The van der Waals surface area contributed by atoms with Gasteiger partial charge in [0.25, 0.3) is 0 Å². The van der Waals surface area contributed by atoms with E-state index in [2.05, 4.69) is 72.8 Å². The maximum absolute atomic E-state index is 12.8. The van der Waals surface area contributed by atoms with Crippen molar-refractivity contribution in [2.75, 3.05) is 13.7 Å². The van der Waals surface area contributed by atoms with Gasteiger partial charge in [0.05, 0.1) is 26.1 Å². The first-order chi connectivity index (χ1) is 17.0. The molecule has 3 aromatic rings. The first kappa shape index (κ1) is 24.7. The Morgan fingerprint density at radius 3 is 1.97 bits per heavy atom. The van der Waals surface area contributed by atoms with E-state index < -0.39 is 5.92 Å². The molecule has 0 heterocycles. The van der Waals surface area contributed by atoms with E-state index in [1.807, 2.05) is 19.9 Å². The molecule has 0 unspecified atom stereocenters. The van der Waals surface area contributed by atoms with Crippen LogP contribution in [-0.4, -0.2) is 25.7 Å². The summed E-state index contributed by atoms with van der Waals surface area (Å²) in [6.45, 7) is 4.35. The normalized spacial score (nSPS) is 14.2. The van der Waals surface area contributed by atoms with Gasteiger partial charge in [-0.05, 0) is 46.6 Å². The Hall–Kier alpha value is -3.40. The monoisotopic (exact) mass is 470 g/mol. The number of methoxy groups -OCH3 is 1. The molecule has 0 spiro atoms. The number of benzene rings is 3. The van der Waals surface area contributed by atoms with Gasteiger partial charge in [-0.3, -0.25) is 9.59 Å². The third kappa shape index (κ3) is 5.02. The zero-order chi connectivity index (χ0) is 24.8. The van der Waals surface area contributed by atoms with E-state index in [1.165, 1.54) is 34.9 Å². The smallest absolute Gasteiger partial charge is 0.309 e. The Balaban J connectivity index is 1.66. The van der Waals surface area contributed by atoms with E-state index in [1.54, 1.807) is 0 Å². The molecule has 0 radical (unpaired) electrons. The van der Waals surface area contributed by atoms with Crippen LogP contribution in [0.4, 0.5) is 0 Å². The van der Waals surface area contributed by atoms with E-state index in [9.17, 15) is 9.59 Å². The van der Waals surface area contributed by atoms with E-state index in [-0.39, 0.29) is 29.7 Å². The number of ether oxygens (including phenoxy) is 2. The fraction of sp³-hybridized carbons (Fsp3) is 0.355. The predicted octanol–water partition coefficient (Wildman–Crippen LogP) is 6.55. The summed E-state index contributed by atoms with van der Waals surface area (Å²) in [6.07, 6.45) is 2.18. The molecule has 1 aliphatic carbocycles. The summed E-state index contributed by atoms with van der Waals surface area (Å²) in [6, 6.07) is 27.8. The molecule has 1 atom stereocenters. The summed E-state index contributed by atoms with van der Waals surface area (Å²) in [4.78, 5) is 24.9. The molecule has 35 heavy (non-hydrogen) atoms. The molecule has 4 rings (SSSR count). The lowest BCUT2D eigenvalue weighted by Gasteiger charge is -2.33. The number of esters is 2. The van der Waals surface area contributed by atoms with Crippen LogP contribution >= 0.6 is 0 Å². The molecule has 4 nitrogen and oxygen atoms in total. The SMILES string of the molecule is COC(=O)C[C@H](CCCC1(c2ccccc2)c2ccccc2-c2ccccc21)C(=O)OCC(C)C. The minimum absolute atomic E-state index is 0.0406. The van der Waals surface area contributed by atoms with Crippen molar-refractivity contribution in [2.45, 2.75) is 44.9 Å². The van der Waals surface area contributed by atoms with Gasteiger partial charge in [-0.1, -0.05) is 99.1 Å². The predicted molar refractivity (Wildman–Crippen MR) is 138 cm³/mol. The molecule has 4 heteroatoms. The van der Waals surface area contributed by atoms with Crippen molar-refractivity contribution in [1.82, 2.24) is 0 Å². The quantitative estimate of drug-likeness (QED) is 0.315. The fourth-order valence-electron chi connectivity index (χ4n) is 5.34. The van der Waals surface area contributed by atoms with Crippen molar-refractivity contribution in [3.63, 3.8) is 0 Å². The third-order valence-electron chi connectivity index (χ3n) is 6.97. The molecule has 1 aliphatic rings. The minimum atomic E-state index is -0.513. The van der Waals surface area contributed by atoms with Crippen LogP contribution in [0.1, 0.15) is 56.2 Å². The van der Waals surface area contributed by atoms with Gasteiger partial charge in [0.2, 0.25) is 0 Å². The molecular weight excluding hydrogens is 436 g/mol. The second kappa shape index (κ2) is 10.9. The summed E-state index contributed by atoms with van der Waals surface area (Å²) in [7, 11) is 1.36. The molecular formula is C31H34O4. The lowest BCUT2D eigenvalue weighted by molar-refractivity contribution is -0.155.